The minimum Gasteiger partial charge on any atom is -0.483 e. The molecule has 4 heterocycles. The van der Waals surface area contributed by atoms with Gasteiger partial charge in [-0.25, -0.2) is 0 Å². The van der Waals surface area contributed by atoms with E-state index in [1.807, 2.05) is 13.0 Å². The molecule has 0 radical (unpaired) electrons. The van der Waals surface area contributed by atoms with E-state index in [2.05, 4.69) is 30.1 Å². The number of aryl methyl sites for hydroxylation is 1. The summed E-state index contributed by atoms with van der Waals surface area (Å²) < 4.78 is 11.8. The van der Waals surface area contributed by atoms with Crippen LogP contribution in [0.1, 0.15) is 49.2 Å². The minimum atomic E-state index is -0.250. The largest absolute Gasteiger partial charge is 0.483 e. The quantitative estimate of drug-likeness (QED) is 0.560. The zero-order valence-electron chi connectivity index (χ0n) is 17.5. The molecule has 29 heavy (non-hydrogen) atoms. The number of furan rings is 1. The molecule has 3 aliphatic rings. The van der Waals surface area contributed by atoms with Crippen LogP contribution in [0, 0.1) is 18.8 Å². The molecule has 160 valence electrons. The van der Waals surface area contributed by atoms with Crippen LogP contribution in [0.3, 0.4) is 0 Å². The van der Waals surface area contributed by atoms with Crippen LogP contribution in [0.5, 0.6) is 0 Å². The highest BCUT2D eigenvalue weighted by atomic mass is 16.5. The van der Waals surface area contributed by atoms with E-state index < -0.39 is 0 Å². The fourth-order valence-corrected chi connectivity index (χ4v) is 5.16. The molecule has 1 spiro atoms. The third-order valence-corrected chi connectivity index (χ3v) is 6.42. The van der Waals surface area contributed by atoms with E-state index in [0.29, 0.717) is 30.2 Å². The maximum absolute atomic E-state index is 12.4. The normalized spacial score (nSPS) is 29.7. The number of carbonyl (C=O) groups is 2. The Labute approximate surface area is 172 Å². The summed E-state index contributed by atoms with van der Waals surface area (Å²) in [7, 11) is 0. The van der Waals surface area contributed by atoms with Crippen LogP contribution in [0.15, 0.2) is 28.4 Å². The number of allylic oxidation sites excluding steroid dienone is 1. The Bertz CT molecular complexity index is 754. The van der Waals surface area contributed by atoms with E-state index in [4.69, 9.17) is 19.1 Å². The highest BCUT2D eigenvalue weighted by molar-refractivity contribution is 5.92. The van der Waals surface area contributed by atoms with Crippen molar-refractivity contribution >= 4 is 12.4 Å². The molecule has 3 fully saturated rings. The second-order valence-electron chi connectivity index (χ2n) is 8.58. The van der Waals surface area contributed by atoms with Crippen LogP contribution < -0.4 is 5.32 Å². The number of nitrogens with one attached hydrogen (secondary N) is 1. The average Bonchev–Trinajstić information content (AvgIpc) is 3.40. The van der Waals surface area contributed by atoms with Crippen LogP contribution in [0.4, 0.5) is 0 Å². The number of carboxylic acid groups (broad SMARTS) is 1. The maximum Gasteiger partial charge on any atom is 0.290 e. The average molecular weight is 405 g/mol. The summed E-state index contributed by atoms with van der Waals surface area (Å²) in [5.41, 5.74) is 2.30. The molecule has 2 bridgehead atoms. The number of rotatable bonds is 6. The number of fused-ring (bicyclic) bond motifs is 1. The van der Waals surface area contributed by atoms with E-state index in [1.165, 1.54) is 12.0 Å². The molecule has 3 saturated heterocycles. The van der Waals surface area contributed by atoms with Crippen molar-refractivity contribution in [2.75, 3.05) is 26.2 Å². The Morgan fingerprint density at radius 1 is 1.45 bits per heavy atom. The van der Waals surface area contributed by atoms with Gasteiger partial charge in [0.25, 0.3) is 12.4 Å². The number of amides is 1. The van der Waals surface area contributed by atoms with Gasteiger partial charge in [0.2, 0.25) is 0 Å². The van der Waals surface area contributed by atoms with Crippen LogP contribution in [-0.4, -0.2) is 60.3 Å². The summed E-state index contributed by atoms with van der Waals surface area (Å²) in [6, 6.07) is 1.83. The summed E-state index contributed by atoms with van der Waals surface area (Å²) >= 11 is 0. The van der Waals surface area contributed by atoms with Gasteiger partial charge in [0.05, 0.1) is 18.0 Å². The van der Waals surface area contributed by atoms with Crippen LogP contribution in [0.25, 0.3) is 0 Å². The molecule has 3 aliphatic heterocycles. The van der Waals surface area contributed by atoms with Crippen molar-refractivity contribution in [3.05, 3.63) is 35.3 Å². The Kier molecular flexibility index (Phi) is 6.80. The van der Waals surface area contributed by atoms with Crippen molar-refractivity contribution < 1.29 is 23.8 Å². The van der Waals surface area contributed by atoms with Crippen molar-refractivity contribution in [2.45, 2.75) is 51.7 Å². The van der Waals surface area contributed by atoms with E-state index >= 15 is 0 Å². The summed E-state index contributed by atoms with van der Waals surface area (Å²) in [4.78, 5) is 23.3. The van der Waals surface area contributed by atoms with Gasteiger partial charge in [-0.15, -0.1) is 0 Å². The van der Waals surface area contributed by atoms with Gasteiger partial charge in [0, 0.05) is 43.6 Å². The van der Waals surface area contributed by atoms with Crippen molar-refractivity contribution in [3.8, 4) is 0 Å². The predicted molar refractivity (Wildman–Crippen MR) is 109 cm³/mol. The van der Waals surface area contributed by atoms with Gasteiger partial charge in [-0.05, 0) is 46.1 Å². The van der Waals surface area contributed by atoms with Gasteiger partial charge < -0.3 is 19.6 Å². The Hall–Kier alpha value is -2.12. The van der Waals surface area contributed by atoms with Crippen LogP contribution >= 0.6 is 0 Å². The number of hydrogen-bond acceptors (Lipinski definition) is 5. The first kappa shape index (κ1) is 21.6. The van der Waals surface area contributed by atoms with Crippen molar-refractivity contribution in [3.63, 3.8) is 0 Å². The zero-order valence-corrected chi connectivity index (χ0v) is 17.5. The molecule has 1 aromatic heterocycles. The standard InChI is InChI=1S/C21H30N2O3.CH2O2/c1-14(2)5-4-9-23-12-17-16(18-6-8-21(17,13-23)26-18)11-22-20(24)19-15(3)7-10-25-19;2-1-3/h5,7,10,16-18H,4,6,8-9,11-13H2,1-3H3,(H,22,24);1H,(H,2,3)/t16-,17+,18+,21+;/m0./s1. The lowest BCUT2D eigenvalue weighted by Gasteiger charge is -2.29. The molecule has 0 unspecified atom stereocenters. The lowest BCUT2D eigenvalue weighted by molar-refractivity contribution is -0.122. The maximum atomic E-state index is 12.4. The third-order valence-electron chi connectivity index (χ3n) is 6.42. The Morgan fingerprint density at radius 2 is 2.21 bits per heavy atom. The van der Waals surface area contributed by atoms with Gasteiger partial charge in [0.1, 0.15) is 0 Å². The lowest BCUT2D eigenvalue weighted by Crippen LogP contribution is -2.41. The number of hydrogen-bond donors (Lipinski definition) is 2. The molecular weight excluding hydrogens is 372 g/mol. The van der Waals surface area contributed by atoms with Gasteiger partial charge >= 0.3 is 0 Å². The minimum absolute atomic E-state index is 0.0334. The van der Waals surface area contributed by atoms with Crippen molar-refractivity contribution in [1.29, 1.82) is 0 Å². The summed E-state index contributed by atoms with van der Waals surface area (Å²) in [6.45, 7) is 9.87. The summed E-state index contributed by atoms with van der Waals surface area (Å²) in [6.07, 6.45) is 7.59. The molecule has 0 saturated carbocycles. The highest BCUT2D eigenvalue weighted by Crippen LogP contribution is 2.54. The van der Waals surface area contributed by atoms with Gasteiger partial charge in [-0.2, -0.15) is 0 Å². The van der Waals surface area contributed by atoms with Crippen LogP contribution in [-0.2, 0) is 9.53 Å². The third kappa shape index (κ3) is 4.56. The fraction of sp³-hybridized carbons (Fsp3) is 0.636. The first-order valence-corrected chi connectivity index (χ1v) is 10.3. The number of carbonyl (C=O) groups excluding carboxylic acids is 1. The number of likely N-dealkylation sites (tertiary alicyclic amines) is 1. The zero-order chi connectivity index (χ0) is 21.0. The topological polar surface area (TPSA) is 92.0 Å². The molecule has 4 rings (SSSR count). The highest BCUT2D eigenvalue weighted by Gasteiger charge is 2.62. The van der Waals surface area contributed by atoms with Gasteiger partial charge in [0.15, 0.2) is 5.76 Å². The van der Waals surface area contributed by atoms with E-state index in [-0.39, 0.29) is 18.0 Å². The predicted octanol–water partition coefficient (Wildman–Crippen LogP) is 2.85. The smallest absolute Gasteiger partial charge is 0.290 e. The first-order chi connectivity index (χ1) is 13.9. The molecular formula is C22H32N2O5. The molecule has 2 N–H and O–H groups in total. The van der Waals surface area contributed by atoms with Crippen molar-refractivity contribution in [1.82, 2.24) is 10.2 Å². The Morgan fingerprint density at radius 3 is 2.86 bits per heavy atom. The number of ether oxygens (including phenoxy) is 1. The first-order valence-electron chi connectivity index (χ1n) is 10.3. The molecule has 1 amide bonds. The van der Waals surface area contributed by atoms with Crippen molar-refractivity contribution in [2.24, 2.45) is 11.8 Å². The number of nitrogens with zero attached hydrogens (tertiary/aromatic N) is 1. The van der Waals surface area contributed by atoms with Crippen LogP contribution in [0.2, 0.25) is 0 Å². The molecule has 4 atom stereocenters. The van der Waals surface area contributed by atoms with E-state index in [1.54, 1.807) is 6.26 Å². The second-order valence-corrected chi connectivity index (χ2v) is 8.58. The molecule has 1 aromatic rings. The monoisotopic (exact) mass is 404 g/mol. The Balaban J connectivity index is 0.000000755. The SMILES string of the molecule is CC(C)=CCCN1C[C@@H]2[C@H](CNC(=O)c3occc3C)[C@H]3CC[C@]2(C1)O3.O=CO. The summed E-state index contributed by atoms with van der Waals surface area (Å²) in [5.74, 6) is 1.27. The molecule has 0 aliphatic carbocycles. The molecule has 0 aromatic carbocycles. The van der Waals surface area contributed by atoms with E-state index in [9.17, 15) is 4.79 Å². The lowest BCUT2D eigenvalue weighted by atomic mass is 9.73. The fourth-order valence-electron chi connectivity index (χ4n) is 5.16. The van der Waals surface area contributed by atoms with E-state index in [0.717, 1.165) is 38.0 Å². The molecule has 7 heteroatoms. The second kappa shape index (κ2) is 9.13. The summed E-state index contributed by atoms with van der Waals surface area (Å²) in [5, 5.41) is 9.98. The van der Waals surface area contributed by atoms with Gasteiger partial charge in [-0.1, -0.05) is 11.6 Å². The molecule has 7 nitrogen and oxygen atoms in total. The van der Waals surface area contributed by atoms with Gasteiger partial charge in [-0.3, -0.25) is 14.5 Å².